The third kappa shape index (κ3) is 1.88. The zero-order valence-corrected chi connectivity index (χ0v) is 10.1. The van der Waals surface area contributed by atoms with Crippen LogP contribution in [0.3, 0.4) is 0 Å². The Labute approximate surface area is 101 Å². The summed E-state index contributed by atoms with van der Waals surface area (Å²) < 4.78 is 10.3. The van der Waals surface area contributed by atoms with Crippen LogP contribution in [-0.4, -0.2) is 20.3 Å². The highest BCUT2D eigenvalue weighted by Gasteiger charge is 2.45. The predicted molar refractivity (Wildman–Crippen MR) is 63.5 cm³/mol. The molecule has 1 saturated heterocycles. The van der Waals surface area contributed by atoms with Gasteiger partial charge in [0.05, 0.1) is 32.4 Å². The molecule has 17 heavy (non-hydrogen) atoms. The second kappa shape index (κ2) is 4.36. The number of methoxy groups -OCH3 is 1. The van der Waals surface area contributed by atoms with Crippen molar-refractivity contribution in [1.82, 2.24) is 0 Å². The van der Waals surface area contributed by atoms with Gasteiger partial charge in [0.15, 0.2) is 0 Å². The van der Waals surface area contributed by atoms with Crippen molar-refractivity contribution in [3.05, 3.63) is 29.3 Å². The Morgan fingerprint density at radius 1 is 1.53 bits per heavy atom. The molecule has 1 aliphatic rings. The van der Waals surface area contributed by atoms with Crippen LogP contribution in [-0.2, 0) is 4.74 Å². The molecule has 2 rings (SSSR count). The van der Waals surface area contributed by atoms with E-state index in [-0.39, 0.29) is 6.04 Å². The molecule has 0 saturated carbocycles. The second-order valence-corrected chi connectivity index (χ2v) is 4.47. The van der Waals surface area contributed by atoms with Gasteiger partial charge in [-0.3, -0.25) is 0 Å². The van der Waals surface area contributed by atoms with Gasteiger partial charge in [-0.25, -0.2) is 0 Å². The van der Waals surface area contributed by atoms with E-state index in [0.717, 1.165) is 16.9 Å². The standard InChI is InChI=1S/C13H16N2O2/c1-9-5-10(3-4-11(9)16-2)12(15)13(6-14)7-17-8-13/h3-5,12H,7-8,15H2,1-2H3. The minimum atomic E-state index is -0.568. The van der Waals surface area contributed by atoms with E-state index in [4.69, 9.17) is 15.2 Å². The monoisotopic (exact) mass is 232 g/mol. The summed E-state index contributed by atoms with van der Waals surface area (Å²) in [7, 11) is 1.64. The second-order valence-electron chi connectivity index (χ2n) is 4.47. The Kier molecular flexibility index (Phi) is 3.05. The first-order valence-corrected chi connectivity index (χ1v) is 5.52. The van der Waals surface area contributed by atoms with Crippen molar-refractivity contribution in [3.8, 4) is 11.8 Å². The molecule has 0 spiro atoms. The van der Waals surface area contributed by atoms with Crippen LogP contribution in [0.4, 0.5) is 0 Å². The maximum atomic E-state index is 9.20. The number of rotatable bonds is 3. The molecule has 1 heterocycles. The maximum absolute atomic E-state index is 9.20. The summed E-state index contributed by atoms with van der Waals surface area (Å²) >= 11 is 0. The SMILES string of the molecule is COc1ccc(C(N)C2(C#N)COC2)cc1C. The van der Waals surface area contributed by atoms with Gasteiger partial charge in [0.1, 0.15) is 11.2 Å². The van der Waals surface area contributed by atoms with E-state index in [2.05, 4.69) is 6.07 Å². The summed E-state index contributed by atoms with van der Waals surface area (Å²) in [5.41, 5.74) is 7.57. The number of ether oxygens (including phenoxy) is 2. The highest BCUT2D eigenvalue weighted by Crippen LogP contribution is 2.39. The van der Waals surface area contributed by atoms with Gasteiger partial charge in [-0.1, -0.05) is 12.1 Å². The van der Waals surface area contributed by atoms with Crippen LogP contribution in [0, 0.1) is 23.7 Å². The molecule has 0 amide bonds. The van der Waals surface area contributed by atoms with E-state index in [1.165, 1.54) is 0 Å². The van der Waals surface area contributed by atoms with Gasteiger partial charge in [0.25, 0.3) is 0 Å². The van der Waals surface area contributed by atoms with E-state index < -0.39 is 5.41 Å². The Bertz CT molecular complexity index is 461. The summed E-state index contributed by atoms with van der Waals surface area (Å²) in [4.78, 5) is 0. The van der Waals surface area contributed by atoms with Crippen molar-refractivity contribution in [2.75, 3.05) is 20.3 Å². The molecule has 1 aliphatic heterocycles. The van der Waals surface area contributed by atoms with E-state index in [9.17, 15) is 5.26 Å². The fourth-order valence-corrected chi connectivity index (χ4v) is 2.05. The summed E-state index contributed by atoms with van der Waals surface area (Å²) in [6.07, 6.45) is 0. The quantitative estimate of drug-likeness (QED) is 0.858. The Balaban J connectivity index is 2.29. The molecule has 2 N–H and O–H groups in total. The third-order valence-electron chi connectivity index (χ3n) is 3.32. The first-order chi connectivity index (χ1) is 8.13. The summed E-state index contributed by atoms with van der Waals surface area (Å²) in [5, 5.41) is 9.20. The van der Waals surface area contributed by atoms with E-state index in [1.54, 1.807) is 7.11 Å². The summed E-state index contributed by atoms with van der Waals surface area (Å²) in [6, 6.07) is 7.73. The molecule has 90 valence electrons. The van der Waals surface area contributed by atoms with Crippen LogP contribution in [0.15, 0.2) is 18.2 Å². The lowest BCUT2D eigenvalue weighted by atomic mass is 9.77. The van der Waals surface area contributed by atoms with E-state index >= 15 is 0 Å². The van der Waals surface area contributed by atoms with E-state index in [0.29, 0.717) is 13.2 Å². The summed E-state index contributed by atoms with van der Waals surface area (Å²) in [5.74, 6) is 0.830. The zero-order chi connectivity index (χ0) is 12.5. The van der Waals surface area contributed by atoms with Gasteiger partial charge in [-0.05, 0) is 24.1 Å². The molecule has 1 aromatic carbocycles. The molecule has 1 aromatic rings. The Morgan fingerprint density at radius 3 is 2.65 bits per heavy atom. The maximum Gasteiger partial charge on any atom is 0.123 e. The lowest BCUT2D eigenvalue weighted by Gasteiger charge is -2.40. The van der Waals surface area contributed by atoms with Gasteiger partial charge < -0.3 is 15.2 Å². The van der Waals surface area contributed by atoms with Crippen molar-refractivity contribution in [2.45, 2.75) is 13.0 Å². The highest BCUT2D eigenvalue weighted by molar-refractivity contribution is 5.39. The number of nitrogens with two attached hydrogens (primary N) is 1. The molecular formula is C13H16N2O2. The molecule has 1 atom stereocenters. The Hall–Kier alpha value is -1.57. The minimum Gasteiger partial charge on any atom is -0.496 e. The fourth-order valence-electron chi connectivity index (χ4n) is 2.05. The van der Waals surface area contributed by atoms with Crippen LogP contribution in [0.2, 0.25) is 0 Å². The number of benzene rings is 1. The van der Waals surface area contributed by atoms with Crippen LogP contribution in [0.1, 0.15) is 17.2 Å². The normalized spacial score (nSPS) is 18.9. The molecular weight excluding hydrogens is 216 g/mol. The number of hydrogen-bond donors (Lipinski definition) is 1. The molecule has 0 radical (unpaired) electrons. The fraction of sp³-hybridized carbons (Fsp3) is 0.462. The van der Waals surface area contributed by atoms with Gasteiger partial charge in [0, 0.05) is 0 Å². The average Bonchev–Trinajstić information content (AvgIpc) is 2.28. The van der Waals surface area contributed by atoms with Crippen molar-refractivity contribution in [3.63, 3.8) is 0 Å². The predicted octanol–water partition coefficient (Wildman–Crippen LogP) is 1.54. The number of nitrogens with zero attached hydrogens (tertiary/aromatic N) is 1. The van der Waals surface area contributed by atoms with Crippen molar-refractivity contribution >= 4 is 0 Å². The van der Waals surface area contributed by atoms with Gasteiger partial charge in [-0.2, -0.15) is 5.26 Å². The molecule has 0 aliphatic carbocycles. The zero-order valence-electron chi connectivity index (χ0n) is 10.1. The summed E-state index contributed by atoms with van der Waals surface area (Å²) in [6.45, 7) is 2.79. The topological polar surface area (TPSA) is 68.3 Å². The minimum absolute atomic E-state index is 0.314. The van der Waals surface area contributed by atoms with E-state index in [1.807, 2.05) is 25.1 Å². The molecule has 4 nitrogen and oxygen atoms in total. The average molecular weight is 232 g/mol. The Morgan fingerprint density at radius 2 is 2.24 bits per heavy atom. The van der Waals surface area contributed by atoms with Gasteiger partial charge >= 0.3 is 0 Å². The smallest absolute Gasteiger partial charge is 0.123 e. The number of nitriles is 1. The van der Waals surface area contributed by atoms with Crippen LogP contribution >= 0.6 is 0 Å². The van der Waals surface area contributed by atoms with Crippen molar-refractivity contribution < 1.29 is 9.47 Å². The number of aryl methyl sites for hydroxylation is 1. The van der Waals surface area contributed by atoms with Crippen LogP contribution in [0.5, 0.6) is 5.75 Å². The molecule has 1 unspecified atom stereocenters. The molecule has 4 heteroatoms. The lowest BCUT2D eigenvalue weighted by molar-refractivity contribution is -0.0910. The van der Waals surface area contributed by atoms with Crippen molar-refractivity contribution in [2.24, 2.45) is 11.1 Å². The first-order valence-electron chi connectivity index (χ1n) is 5.52. The van der Waals surface area contributed by atoms with Crippen LogP contribution in [0.25, 0.3) is 0 Å². The molecule has 1 fully saturated rings. The van der Waals surface area contributed by atoms with Gasteiger partial charge in [0.2, 0.25) is 0 Å². The van der Waals surface area contributed by atoms with Gasteiger partial charge in [-0.15, -0.1) is 0 Å². The number of hydrogen-bond acceptors (Lipinski definition) is 4. The molecule has 0 bridgehead atoms. The first kappa shape index (κ1) is 11.9. The van der Waals surface area contributed by atoms with Crippen LogP contribution < -0.4 is 10.5 Å². The lowest BCUT2D eigenvalue weighted by Crippen LogP contribution is -2.49. The highest BCUT2D eigenvalue weighted by atomic mass is 16.5. The molecule has 0 aromatic heterocycles. The largest absolute Gasteiger partial charge is 0.496 e. The third-order valence-corrected chi connectivity index (χ3v) is 3.32. The van der Waals surface area contributed by atoms with Crippen molar-refractivity contribution in [1.29, 1.82) is 5.26 Å².